The van der Waals surface area contributed by atoms with E-state index in [2.05, 4.69) is 4.90 Å². The average molecular weight is 476 g/mol. The molecule has 0 saturated carbocycles. The Hall–Kier alpha value is -3.71. The number of ether oxygens (including phenoxy) is 1. The van der Waals surface area contributed by atoms with Crippen LogP contribution in [0.4, 0.5) is 15.8 Å². The zero-order valence-electron chi connectivity index (χ0n) is 19.8. The van der Waals surface area contributed by atoms with Crippen LogP contribution in [0.5, 0.6) is 5.75 Å². The van der Waals surface area contributed by atoms with Crippen LogP contribution in [0, 0.1) is 11.7 Å². The minimum absolute atomic E-state index is 0.0670. The summed E-state index contributed by atoms with van der Waals surface area (Å²) in [5, 5.41) is 0. The number of piperidine rings is 1. The third-order valence-corrected chi connectivity index (χ3v) is 6.53. The Bertz CT molecular complexity index is 1170. The van der Waals surface area contributed by atoms with Crippen molar-refractivity contribution in [3.8, 4) is 5.75 Å². The highest BCUT2D eigenvalue weighted by atomic mass is 19.1. The summed E-state index contributed by atoms with van der Waals surface area (Å²) in [7, 11) is 1.60. The second kappa shape index (κ2) is 11.1. The van der Waals surface area contributed by atoms with Crippen LogP contribution in [0.25, 0.3) is 0 Å². The SMILES string of the molecule is COc1cccc(N(CCN2CCC(C(=O)c3ccc(F)cc3)CC2)C(=O)c2ccccc2N)c1. The number of halogens is 1. The fourth-order valence-electron chi connectivity index (χ4n) is 4.47. The molecule has 0 spiro atoms. The molecule has 1 aliphatic rings. The van der Waals surface area contributed by atoms with Crippen molar-refractivity contribution in [1.82, 2.24) is 4.90 Å². The molecule has 0 bridgehead atoms. The molecule has 6 nitrogen and oxygen atoms in total. The van der Waals surface area contributed by atoms with Crippen LogP contribution >= 0.6 is 0 Å². The van der Waals surface area contributed by atoms with Crippen molar-refractivity contribution in [3.05, 3.63) is 89.7 Å². The maximum atomic E-state index is 13.5. The first-order valence-corrected chi connectivity index (χ1v) is 11.8. The van der Waals surface area contributed by atoms with E-state index in [0.717, 1.165) is 31.6 Å². The van der Waals surface area contributed by atoms with Gasteiger partial charge in [0, 0.05) is 42.0 Å². The van der Waals surface area contributed by atoms with Crippen LogP contribution in [0.3, 0.4) is 0 Å². The molecule has 3 aromatic rings. The van der Waals surface area contributed by atoms with Gasteiger partial charge in [-0.25, -0.2) is 4.39 Å². The van der Waals surface area contributed by atoms with Crippen LogP contribution in [0.1, 0.15) is 33.6 Å². The number of nitrogen functional groups attached to an aromatic ring is 1. The Morgan fingerprint density at radius 3 is 2.43 bits per heavy atom. The first kappa shape index (κ1) is 24.4. The Balaban J connectivity index is 1.42. The van der Waals surface area contributed by atoms with E-state index in [1.165, 1.54) is 12.1 Å². The molecule has 2 N–H and O–H groups in total. The molecule has 182 valence electrons. The molecule has 0 aliphatic carbocycles. The number of likely N-dealkylation sites (tertiary alicyclic amines) is 1. The number of amides is 1. The zero-order valence-corrected chi connectivity index (χ0v) is 19.8. The predicted molar refractivity (Wildman–Crippen MR) is 135 cm³/mol. The summed E-state index contributed by atoms with van der Waals surface area (Å²) in [6.45, 7) is 2.64. The van der Waals surface area contributed by atoms with Crippen molar-refractivity contribution in [3.63, 3.8) is 0 Å². The maximum absolute atomic E-state index is 13.5. The third kappa shape index (κ3) is 5.87. The van der Waals surface area contributed by atoms with Crippen molar-refractivity contribution < 1.29 is 18.7 Å². The summed E-state index contributed by atoms with van der Waals surface area (Å²) in [6.07, 6.45) is 1.46. The van der Waals surface area contributed by atoms with Crippen LogP contribution in [-0.2, 0) is 0 Å². The van der Waals surface area contributed by atoms with Gasteiger partial charge in [0.05, 0.1) is 12.7 Å². The first-order valence-electron chi connectivity index (χ1n) is 11.8. The third-order valence-electron chi connectivity index (χ3n) is 6.53. The number of hydrogen-bond donors (Lipinski definition) is 1. The smallest absolute Gasteiger partial charge is 0.260 e. The number of nitrogens with zero attached hydrogens (tertiary/aromatic N) is 2. The molecule has 1 heterocycles. The topological polar surface area (TPSA) is 75.9 Å². The first-order chi connectivity index (χ1) is 17.0. The van der Waals surface area contributed by atoms with Gasteiger partial charge in [-0.2, -0.15) is 0 Å². The number of rotatable bonds is 8. The number of hydrogen-bond acceptors (Lipinski definition) is 5. The molecular formula is C28H30FN3O3. The highest BCUT2D eigenvalue weighted by Gasteiger charge is 2.27. The molecule has 0 atom stereocenters. The highest BCUT2D eigenvalue weighted by Crippen LogP contribution is 2.26. The van der Waals surface area contributed by atoms with Crippen LogP contribution < -0.4 is 15.4 Å². The predicted octanol–water partition coefficient (Wildman–Crippen LogP) is 4.66. The molecule has 1 saturated heterocycles. The fourth-order valence-corrected chi connectivity index (χ4v) is 4.47. The molecule has 1 aliphatic heterocycles. The zero-order chi connectivity index (χ0) is 24.8. The lowest BCUT2D eigenvalue weighted by Gasteiger charge is -2.33. The maximum Gasteiger partial charge on any atom is 0.260 e. The van der Waals surface area contributed by atoms with Crippen LogP contribution in [0.15, 0.2) is 72.8 Å². The van der Waals surface area contributed by atoms with Crippen molar-refractivity contribution in [2.45, 2.75) is 12.8 Å². The number of nitrogens with two attached hydrogens (primary N) is 1. The Morgan fingerprint density at radius 1 is 1.03 bits per heavy atom. The molecule has 0 aromatic heterocycles. The monoisotopic (exact) mass is 475 g/mol. The van der Waals surface area contributed by atoms with Gasteiger partial charge in [-0.15, -0.1) is 0 Å². The lowest BCUT2D eigenvalue weighted by atomic mass is 9.89. The van der Waals surface area contributed by atoms with E-state index in [1.807, 2.05) is 24.3 Å². The summed E-state index contributed by atoms with van der Waals surface area (Å²) in [5.41, 5.74) is 8.28. The highest BCUT2D eigenvalue weighted by molar-refractivity contribution is 6.09. The van der Waals surface area contributed by atoms with Gasteiger partial charge in [0.2, 0.25) is 0 Å². The molecule has 1 amide bonds. The second-order valence-electron chi connectivity index (χ2n) is 8.73. The molecule has 7 heteroatoms. The van der Waals surface area contributed by atoms with Gasteiger partial charge in [0.25, 0.3) is 5.91 Å². The van der Waals surface area contributed by atoms with Crippen molar-refractivity contribution in [1.29, 1.82) is 0 Å². The summed E-state index contributed by atoms with van der Waals surface area (Å²) in [5.74, 6) is 0.150. The average Bonchev–Trinajstić information content (AvgIpc) is 2.89. The van der Waals surface area contributed by atoms with Gasteiger partial charge in [0.15, 0.2) is 5.78 Å². The summed E-state index contributed by atoms with van der Waals surface area (Å²) in [4.78, 5) is 30.3. The van der Waals surface area contributed by atoms with Crippen molar-refractivity contribution >= 4 is 23.1 Å². The van der Waals surface area contributed by atoms with E-state index in [-0.39, 0.29) is 23.4 Å². The minimum atomic E-state index is -0.344. The number of carbonyl (C=O) groups excluding carboxylic acids is 2. The molecule has 0 radical (unpaired) electrons. The Kier molecular flexibility index (Phi) is 7.77. The van der Waals surface area contributed by atoms with Crippen molar-refractivity contribution in [2.75, 3.05) is 43.9 Å². The number of para-hydroxylation sites is 1. The molecule has 3 aromatic carbocycles. The Morgan fingerprint density at radius 2 is 1.74 bits per heavy atom. The fraction of sp³-hybridized carbons (Fsp3) is 0.286. The van der Waals surface area contributed by atoms with Gasteiger partial charge in [-0.05, 0) is 74.5 Å². The van der Waals surface area contributed by atoms with Gasteiger partial charge >= 0.3 is 0 Å². The number of benzene rings is 3. The molecule has 0 unspecified atom stereocenters. The second-order valence-corrected chi connectivity index (χ2v) is 8.73. The van der Waals surface area contributed by atoms with E-state index in [0.29, 0.717) is 35.7 Å². The van der Waals surface area contributed by atoms with E-state index >= 15 is 0 Å². The molecule has 35 heavy (non-hydrogen) atoms. The van der Waals surface area contributed by atoms with E-state index in [9.17, 15) is 14.0 Å². The summed E-state index contributed by atoms with van der Waals surface area (Å²) >= 11 is 0. The van der Waals surface area contributed by atoms with Gasteiger partial charge in [-0.3, -0.25) is 9.59 Å². The van der Waals surface area contributed by atoms with Gasteiger partial charge in [0.1, 0.15) is 11.6 Å². The summed E-state index contributed by atoms with van der Waals surface area (Å²) < 4.78 is 18.5. The standard InChI is InChI=1S/C28H30FN3O3/c1-35-24-6-4-5-23(19-24)32(28(34)25-7-2-3-8-26(25)30)18-17-31-15-13-21(14-16-31)27(33)20-9-11-22(29)12-10-20/h2-12,19,21H,13-18,30H2,1H3. The number of methoxy groups -OCH3 is 1. The molecular weight excluding hydrogens is 445 g/mol. The van der Waals surface area contributed by atoms with Gasteiger partial charge in [-0.1, -0.05) is 18.2 Å². The quantitative estimate of drug-likeness (QED) is 0.379. The largest absolute Gasteiger partial charge is 0.497 e. The number of ketones is 1. The Labute approximate surface area is 205 Å². The number of carbonyl (C=O) groups is 2. The lowest BCUT2D eigenvalue weighted by Crippen LogP contribution is -2.43. The number of Topliss-reactive ketones (excluding diaryl/α,β-unsaturated/α-hetero) is 1. The van der Waals surface area contributed by atoms with E-state index in [4.69, 9.17) is 10.5 Å². The van der Waals surface area contributed by atoms with E-state index < -0.39 is 0 Å². The number of anilines is 2. The van der Waals surface area contributed by atoms with Gasteiger partial charge < -0.3 is 20.3 Å². The molecule has 4 rings (SSSR count). The van der Waals surface area contributed by atoms with Crippen molar-refractivity contribution in [2.24, 2.45) is 5.92 Å². The van der Waals surface area contributed by atoms with Crippen LogP contribution in [0.2, 0.25) is 0 Å². The van der Waals surface area contributed by atoms with E-state index in [1.54, 1.807) is 48.4 Å². The summed E-state index contributed by atoms with van der Waals surface area (Å²) in [6, 6.07) is 20.2. The lowest BCUT2D eigenvalue weighted by molar-refractivity contribution is 0.0841. The molecule has 1 fully saturated rings. The van der Waals surface area contributed by atoms with Crippen LogP contribution in [-0.4, -0.2) is 49.9 Å². The minimum Gasteiger partial charge on any atom is -0.497 e. The normalized spacial score (nSPS) is 14.5.